The van der Waals surface area contributed by atoms with E-state index in [0.29, 0.717) is 28.7 Å². The molecule has 1 aromatic heterocycles. The van der Waals surface area contributed by atoms with Gasteiger partial charge in [0.15, 0.2) is 0 Å². The molecule has 0 aliphatic carbocycles. The molecule has 0 bridgehead atoms. The highest BCUT2D eigenvalue weighted by Gasteiger charge is 2.14. The fourth-order valence-corrected chi connectivity index (χ4v) is 3.59. The molecule has 182 valence electrons. The number of ether oxygens (including phenoxy) is 1. The van der Waals surface area contributed by atoms with Crippen LogP contribution in [0.3, 0.4) is 0 Å². The van der Waals surface area contributed by atoms with Gasteiger partial charge in [0.2, 0.25) is 0 Å². The highest BCUT2D eigenvalue weighted by atomic mass is 35.5. The first-order chi connectivity index (χ1) is 16.9. The van der Waals surface area contributed by atoms with Crippen LogP contribution >= 0.6 is 23.2 Å². The molecule has 0 spiro atoms. The molecule has 4 rings (SSSR count). The van der Waals surface area contributed by atoms with Crippen LogP contribution in [0, 0.1) is 6.92 Å². The molecule has 35 heavy (non-hydrogen) atoms. The monoisotopic (exact) mass is 510 g/mol. The first kappa shape index (κ1) is 26.1. The number of methoxy groups -OCH3 is 1. The Hall–Kier alpha value is -3.52. The minimum atomic E-state index is 0.480. The number of rotatable bonds is 6. The second kappa shape index (κ2) is 12.8. The van der Waals surface area contributed by atoms with Crippen molar-refractivity contribution < 1.29 is 4.74 Å². The van der Waals surface area contributed by atoms with E-state index in [9.17, 15) is 0 Å². The molecule has 0 saturated heterocycles. The largest absolute Gasteiger partial charge is 0.497 e. The van der Waals surface area contributed by atoms with Gasteiger partial charge in [0.05, 0.1) is 34.2 Å². The fourth-order valence-electron chi connectivity index (χ4n) is 3.29. The number of hydrazone groups is 1. The van der Waals surface area contributed by atoms with Crippen molar-refractivity contribution in [2.45, 2.75) is 19.8 Å². The molecule has 1 heterocycles. The van der Waals surface area contributed by atoms with E-state index < -0.39 is 0 Å². The van der Waals surface area contributed by atoms with Gasteiger partial charge in [-0.25, -0.2) is 10.5 Å². The van der Waals surface area contributed by atoms with Crippen LogP contribution < -0.4 is 21.8 Å². The second-order valence-electron chi connectivity index (χ2n) is 7.63. The van der Waals surface area contributed by atoms with E-state index >= 15 is 0 Å². The van der Waals surface area contributed by atoms with Crippen molar-refractivity contribution in [2.75, 3.05) is 7.11 Å². The van der Waals surface area contributed by atoms with Crippen molar-refractivity contribution in [3.63, 3.8) is 0 Å². The number of hydrogen-bond acceptors (Lipinski definition) is 5. The van der Waals surface area contributed by atoms with E-state index in [2.05, 4.69) is 29.6 Å². The highest BCUT2D eigenvalue weighted by molar-refractivity contribution is 6.42. The number of nitrogens with zero attached hydrogens (tertiary/aromatic N) is 3. The lowest BCUT2D eigenvalue weighted by Gasteiger charge is -2.09. The summed E-state index contributed by atoms with van der Waals surface area (Å²) in [5.41, 5.74) is 7.32. The molecule has 0 saturated carbocycles. The molecule has 0 aliphatic heterocycles. The topological polar surface area (TPSA) is 103 Å². The number of amidine groups is 1. The average Bonchev–Trinajstić information content (AvgIpc) is 3.31. The number of hydrazine groups is 1. The standard InChI is InChI=1S/C19H20Cl2N6O.C7H8/c1-28-15-6-4-14(5-7-15)27-18(12-2-8-16(20)17(21)10-12)11-13(26-27)3-9-19(24-22)25-23;1-7-5-3-2-4-6-7/h2,4-8,10-11H,3,9,22-23H2,1H3,(H,24,25);2-6H,1H3. The Labute approximate surface area is 215 Å². The van der Waals surface area contributed by atoms with Crippen LogP contribution in [0.5, 0.6) is 5.75 Å². The lowest BCUT2D eigenvalue weighted by atomic mass is 10.1. The van der Waals surface area contributed by atoms with Crippen molar-refractivity contribution in [3.8, 4) is 22.7 Å². The molecular formula is C26H28Cl2N6O. The van der Waals surface area contributed by atoms with Crippen molar-refractivity contribution in [3.05, 3.63) is 100 Å². The van der Waals surface area contributed by atoms with Crippen LogP contribution in [0.2, 0.25) is 10.0 Å². The van der Waals surface area contributed by atoms with E-state index in [1.807, 2.05) is 65.3 Å². The number of nitrogens with two attached hydrogens (primary N) is 2. The van der Waals surface area contributed by atoms with Crippen molar-refractivity contribution in [1.82, 2.24) is 15.2 Å². The van der Waals surface area contributed by atoms with Gasteiger partial charge in [-0.05, 0) is 55.8 Å². The van der Waals surface area contributed by atoms with Crippen LogP contribution in [0.4, 0.5) is 0 Å². The van der Waals surface area contributed by atoms with Crippen LogP contribution in [0.15, 0.2) is 84.0 Å². The molecule has 7 nitrogen and oxygen atoms in total. The van der Waals surface area contributed by atoms with Crippen molar-refractivity contribution >= 4 is 29.0 Å². The van der Waals surface area contributed by atoms with E-state index in [1.54, 1.807) is 13.2 Å². The summed E-state index contributed by atoms with van der Waals surface area (Å²) < 4.78 is 7.09. The minimum Gasteiger partial charge on any atom is -0.497 e. The van der Waals surface area contributed by atoms with Gasteiger partial charge in [-0.15, -0.1) is 0 Å². The third-order valence-electron chi connectivity index (χ3n) is 5.17. The molecule has 0 aliphatic rings. The van der Waals surface area contributed by atoms with E-state index in [0.717, 1.165) is 28.4 Å². The summed E-state index contributed by atoms with van der Waals surface area (Å²) in [6.45, 7) is 2.08. The van der Waals surface area contributed by atoms with Gasteiger partial charge in [0.25, 0.3) is 0 Å². The average molecular weight is 511 g/mol. The molecule has 0 atom stereocenters. The maximum atomic E-state index is 6.22. The van der Waals surface area contributed by atoms with Crippen molar-refractivity contribution in [2.24, 2.45) is 16.8 Å². The predicted molar refractivity (Wildman–Crippen MR) is 144 cm³/mol. The van der Waals surface area contributed by atoms with Gasteiger partial charge >= 0.3 is 0 Å². The number of aryl methyl sites for hydroxylation is 2. The number of benzene rings is 3. The number of hydrogen-bond donors (Lipinski definition) is 3. The molecule has 4 aromatic rings. The van der Waals surface area contributed by atoms with Crippen LogP contribution in [-0.2, 0) is 6.42 Å². The van der Waals surface area contributed by atoms with Crippen LogP contribution in [0.1, 0.15) is 17.7 Å². The smallest absolute Gasteiger partial charge is 0.136 e. The highest BCUT2D eigenvalue weighted by Crippen LogP contribution is 2.31. The van der Waals surface area contributed by atoms with Gasteiger partial charge in [0, 0.05) is 12.0 Å². The van der Waals surface area contributed by atoms with E-state index in [-0.39, 0.29) is 0 Å². The first-order valence-corrected chi connectivity index (χ1v) is 11.6. The maximum absolute atomic E-state index is 6.22. The Kier molecular flexibility index (Phi) is 9.55. The number of halogens is 2. The normalized spacial score (nSPS) is 10.9. The Morgan fingerprint density at radius 1 is 1.00 bits per heavy atom. The third kappa shape index (κ3) is 7.23. The molecule has 0 amide bonds. The summed E-state index contributed by atoms with van der Waals surface area (Å²) >= 11 is 12.3. The maximum Gasteiger partial charge on any atom is 0.136 e. The Balaban J connectivity index is 0.000000420. The molecule has 3 aromatic carbocycles. The zero-order valence-electron chi connectivity index (χ0n) is 19.6. The van der Waals surface area contributed by atoms with Gasteiger partial charge in [-0.2, -0.15) is 10.2 Å². The lowest BCUT2D eigenvalue weighted by Crippen LogP contribution is -2.31. The molecule has 9 heteroatoms. The van der Waals surface area contributed by atoms with E-state index in [1.165, 1.54) is 5.56 Å². The van der Waals surface area contributed by atoms with Gasteiger partial charge in [0.1, 0.15) is 11.6 Å². The van der Waals surface area contributed by atoms with Crippen LogP contribution in [-0.4, -0.2) is 22.7 Å². The second-order valence-corrected chi connectivity index (χ2v) is 8.45. The van der Waals surface area contributed by atoms with Gasteiger partial charge in [-0.3, -0.25) is 0 Å². The summed E-state index contributed by atoms with van der Waals surface area (Å²) in [7, 11) is 1.63. The third-order valence-corrected chi connectivity index (χ3v) is 5.91. The zero-order valence-corrected chi connectivity index (χ0v) is 21.1. The summed E-state index contributed by atoms with van der Waals surface area (Å²) in [4.78, 5) is 0. The molecule has 0 radical (unpaired) electrons. The fraction of sp³-hybridized carbons (Fsp3) is 0.154. The van der Waals surface area contributed by atoms with Gasteiger partial charge in [-0.1, -0.05) is 65.2 Å². The molecule has 0 unspecified atom stereocenters. The van der Waals surface area contributed by atoms with E-state index in [4.69, 9.17) is 44.7 Å². The van der Waals surface area contributed by atoms with Gasteiger partial charge < -0.3 is 16.0 Å². The predicted octanol–water partition coefficient (Wildman–Crippen LogP) is 5.52. The zero-order chi connectivity index (χ0) is 25.2. The SMILES string of the molecule is COc1ccc(-n2nc(CC/C(=N/N)NN)cc2-c2ccc(Cl)c(Cl)c2)cc1.Cc1ccccc1. The number of nitrogens with one attached hydrogen (secondary N) is 1. The minimum absolute atomic E-state index is 0.480. The van der Waals surface area contributed by atoms with Crippen molar-refractivity contribution in [1.29, 1.82) is 0 Å². The first-order valence-electron chi connectivity index (χ1n) is 10.9. The summed E-state index contributed by atoms with van der Waals surface area (Å²) in [5.74, 6) is 12.0. The van der Waals surface area contributed by atoms with Crippen LogP contribution in [0.25, 0.3) is 16.9 Å². The Bertz CT molecular complexity index is 1260. The summed E-state index contributed by atoms with van der Waals surface area (Å²) in [5, 5.41) is 9.33. The molecule has 5 N–H and O–H groups in total. The lowest BCUT2D eigenvalue weighted by molar-refractivity contribution is 0.414. The quantitative estimate of drug-likeness (QED) is 0.137. The molecule has 0 fully saturated rings. The summed E-state index contributed by atoms with van der Waals surface area (Å²) in [6.07, 6.45) is 1.14. The number of aromatic nitrogens is 2. The Morgan fingerprint density at radius 2 is 1.71 bits per heavy atom. The summed E-state index contributed by atoms with van der Waals surface area (Å²) in [6, 6.07) is 25.4. The Morgan fingerprint density at radius 3 is 2.26 bits per heavy atom. The molecular weight excluding hydrogens is 483 g/mol.